The minimum absolute atomic E-state index is 0.00564. The number of aliphatic hydroxyl groups excluding tert-OH is 4. The highest BCUT2D eigenvalue weighted by atomic mass is 16.6. The smallest absolute Gasteiger partial charge is 0.332 e. The monoisotopic (exact) mass is 985 g/mol. The van der Waals surface area contributed by atoms with Gasteiger partial charge in [-0.1, -0.05) is 44.1 Å². The average molecular weight is 985 g/mol. The molecule has 1 amide bonds. The zero-order valence-corrected chi connectivity index (χ0v) is 42.6. The molecule has 5 aliphatic carbocycles. The first-order valence-corrected chi connectivity index (χ1v) is 28.3. The summed E-state index contributed by atoms with van der Waals surface area (Å²) < 4.78 is 21.2. The number of esters is 2. The Hall–Kier alpha value is -3.41. The largest absolute Gasteiger partial charge is 0.504 e. The normalized spacial score (nSPS) is 38.9. The summed E-state index contributed by atoms with van der Waals surface area (Å²) in [5.41, 5.74) is -0.877. The summed E-state index contributed by atoms with van der Waals surface area (Å²) in [6, 6.07) is 3.84. The van der Waals surface area contributed by atoms with E-state index in [1.165, 1.54) is 6.92 Å². The Balaban J connectivity index is 1.22. The van der Waals surface area contributed by atoms with Gasteiger partial charge < -0.3 is 50.4 Å². The van der Waals surface area contributed by atoms with Crippen LogP contribution in [0.1, 0.15) is 184 Å². The van der Waals surface area contributed by atoms with Crippen molar-refractivity contribution in [2.24, 2.45) is 57.7 Å². The third kappa shape index (κ3) is 9.01. The summed E-state index contributed by atoms with van der Waals surface area (Å²) in [5.74, 6) is 5.62. The van der Waals surface area contributed by atoms with Crippen LogP contribution >= 0.6 is 0 Å². The number of aliphatic hydroxyl groups is 4. The van der Waals surface area contributed by atoms with Crippen LogP contribution in [0.2, 0.25) is 0 Å². The zero-order valence-electron chi connectivity index (χ0n) is 42.6. The van der Waals surface area contributed by atoms with E-state index in [0.717, 1.165) is 75.3 Å². The maximum absolute atomic E-state index is 16.1. The Morgan fingerprint density at radius 3 is 2.46 bits per heavy atom. The van der Waals surface area contributed by atoms with Gasteiger partial charge in [-0.05, 0) is 164 Å². The van der Waals surface area contributed by atoms with Gasteiger partial charge in [-0.15, -0.1) is 5.92 Å². The standard InChI is InChI=1S/C58H84N2O11/c1-35(63)30-37-10-7-11-38-31-45-46(55(34-62)21-5-6-22-55)33-69-51-47(66)20-19-43(48(45)51)49(38)56(25-27-59-28-26-56)52-44(50(70-36(2)64)42(37)18-16-41(65)14-9-29-61)17-15-39-13-8-23-57(39)32-40-12-3-4-24-58(40,54(68)71-52)60-53(57)67/h19-20,35,37-42,44-46,49-50,52,59,61-63,65-66H,3-6,8-10,12-18,21-34H2,1-2H3,(H,60,67)/t35-,37+,38+,39-,40-,41+,42-,44+,45-,46+,49-,50+,52+,57+,58-/m0/s1. The Labute approximate surface area is 421 Å². The number of hydrogen-bond donors (Lipinski definition) is 7. The minimum atomic E-state index is -1.19. The van der Waals surface area contributed by atoms with Crippen LogP contribution in [0.4, 0.5) is 0 Å². The van der Waals surface area contributed by atoms with Crippen molar-refractivity contribution in [3.05, 3.63) is 23.3 Å². The molecule has 13 nitrogen and oxygen atoms in total. The van der Waals surface area contributed by atoms with Gasteiger partial charge >= 0.3 is 11.9 Å². The molecule has 0 aromatic heterocycles. The van der Waals surface area contributed by atoms with E-state index in [0.29, 0.717) is 109 Å². The van der Waals surface area contributed by atoms with Gasteiger partial charge in [0.25, 0.3) is 0 Å². The second-order valence-electron chi connectivity index (χ2n) is 24.6. The Bertz CT molecular complexity index is 2170. The SMILES string of the molecule is CC(=O)O[C@H]1[C@H]2CC[C@@H]3CCC[C@@]34C[C@@H]3CCCC[C@@]3(NC4=O)C(=O)O[C@H]2C2(CCNCC2)[C@@H]2c3ccc(O)c4c3[C@@H](C[C@H]2C#CC[C@H](C[C@H](C)O)[C@@H]1CC[C@H](O)CCCO)[C@H](C1(CO)CCCC1)CO4. The molecular weight excluding hydrogens is 901 g/mol. The highest BCUT2D eigenvalue weighted by Gasteiger charge is 2.66. The topological polar surface area (TPSA) is 204 Å². The summed E-state index contributed by atoms with van der Waals surface area (Å²) in [6.07, 6.45) is 12.9. The number of hydrogen-bond acceptors (Lipinski definition) is 12. The van der Waals surface area contributed by atoms with E-state index in [-0.39, 0.29) is 77.7 Å². The molecule has 2 bridgehead atoms. The maximum Gasteiger partial charge on any atom is 0.332 e. The molecule has 7 N–H and O–H groups in total. The van der Waals surface area contributed by atoms with Crippen molar-refractivity contribution >= 4 is 17.8 Å². The highest BCUT2D eigenvalue weighted by molar-refractivity contribution is 5.93. The lowest BCUT2D eigenvalue weighted by Crippen LogP contribution is -2.69. The molecule has 3 saturated carbocycles. The van der Waals surface area contributed by atoms with Gasteiger partial charge in [0.2, 0.25) is 5.91 Å². The van der Waals surface area contributed by atoms with Crippen LogP contribution in [-0.2, 0) is 23.9 Å². The number of phenolic OH excluding ortho intramolecular Hbond substituents is 1. The number of benzene rings is 1. The zero-order chi connectivity index (χ0) is 49.7. The average Bonchev–Trinajstić information content (AvgIpc) is 4.01. The first kappa shape index (κ1) is 51.1. The fourth-order valence-corrected chi connectivity index (χ4v) is 17.8. The number of phenols is 1. The predicted molar refractivity (Wildman–Crippen MR) is 266 cm³/mol. The van der Waals surface area contributed by atoms with Gasteiger partial charge in [0, 0.05) is 72.5 Å². The molecule has 7 fully saturated rings. The lowest BCUT2D eigenvalue weighted by atomic mass is 9.50. The van der Waals surface area contributed by atoms with Crippen molar-refractivity contribution in [1.29, 1.82) is 0 Å². The molecule has 3 spiro atoms. The van der Waals surface area contributed by atoms with Gasteiger partial charge in [-0.25, -0.2) is 4.79 Å². The molecule has 11 rings (SSSR count). The Morgan fingerprint density at radius 2 is 1.72 bits per heavy atom. The Kier molecular flexibility index (Phi) is 14.9. The van der Waals surface area contributed by atoms with Crippen LogP contribution in [0.15, 0.2) is 12.1 Å². The molecule has 13 heteroatoms. The number of fused-ring (bicyclic) bond motifs is 6. The fraction of sp³-hybridized carbons (Fsp3) is 0.810. The maximum atomic E-state index is 16.1. The summed E-state index contributed by atoms with van der Waals surface area (Å²) in [7, 11) is 0. The van der Waals surface area contributed by atoms with E-state index >= 15 is 4.79 Å². The molecule has 5 heterocycles. The van der Waals surface area contributed by atoms with Crippen molar-refractivity contribution in [1.82, 2.24) is 10.6 Å². The van der Waals surface area contributed by atoms with Crippen LogP contribution in [0.3, 0.4) is 0 Å². The van der Waals surface area contributed by atoms with E-state index in [1.54, 1.807) is 13.0 Å². The second-order valence-corrected chi connectivity index (χ2v) is 24.6. The van der Waals surface area contributed by atoms with Crippen LogP contribution < -0.4 is 15.4 Å². The van der Waals surface area contributed by atoms with Gasteiger partial charge in [0.15, 0.2) is 11.5 Å². The van der Waals surface area contributed by atoms with Crippen LogP contribution in [0, 0.1) is 69.5 Å². The quantitative estimate of drug-likeness (QED) is 0.0861. The Morgan fingerprint density at radius 1 is 0.944 bits per heavy atom. The number of rotatable bonds is 11. The molecule has 0 unspecified atom stereocenters. The lowest BCUT2D eigenvalue weighted by Gasteiger charge is -2.57. The predicted octanol–water partition coefficient (Wildman–Crippen LogP) is 7.32. The third-order valence-electron chi connectivity index (χ3n) is 21.0. The number of carbonyl (C=O) groups is 3. The van der Waals surface area contributed by atoms with Gasteiger partial charge in [-0.2, -0.15) is 0 Å². The minimum Gasteiger partial charge on any atom is -0.504 e. The number of carbonyl (C=O) groups excluding carboxylic acids is 3. The molecule has 1 aromatic rings. The molecule has 1 aromatic carbocycles. The number of ether oxygens (including phenoxy) is 3. The van der Waals surface area contributed by atoms with Crippen molar-refractivity contribution in [3.63, 3.8) is 0 Å². The third-order valence-corrected chi connectivity index (χ3v) is 21.0. The van der Waals surface area contributed by atoms with Gasteiger partial charge in [0.1, 0.15) is 17.7 Å². The van der Waals surface area contributed by atoms with Crippen molar-refractivity contribution in [2.45, 2.75) is 203 Å². The van der Waals surface area contributed by atoms with Gasteiger partial charge in [0.05, 0.1) is 24.2 Å². The first-order valence-electron chi connectivity index (χ1n) is 28.3. The van der Waals surface area contributed by atoms with Crippen LogP contribution in [0.5, 0.6) is 11.5 Å². The van der Waals surface area contributed by atoms with Gasteiger partial charge in [-0.3, -0.25) is 9.59 Å². The van der Waals surface area contributed by atoms with Crippen molar-refractivity contribution in [3.8, 4) is 23.3 Å². The molecule has 10 aliphatic rings. The summed E-state index contributed by atoms with van der Waals surface area (Å²) in [4.78, 5) is 45.1. The molecule has 71 heavy (non-hydrogen) atoms. The van der Waals surface area contributed by atoms with E-state index in [4.69, 9.17) is 14.2 Å². The number of amides is 1. The number of aromatic hydroxyl groups is 1. The van der Waals surface area contributed by atoms with E-state index in [1.807, 2.05) is 0 Å². The first-order chi connectivity index (χ1) is 34.3. The molecule has 0 radical (unpaired) electrons. The number of nitrogens with one attached hydrogen (secondary N) is 2. The van der Waals surface area contributed by atoms with E-state index in [9.17, 15) is 35.1 Å². The molecule has 392 valence electrons. The number of piperidine rings is 2. The molecule has 5 aliphatic heterocycles. The summed E-state index contributed by atoms with van der Waals surface area (Å²) >= 11 is 0. The fourth-order valence-electron chi connectivity index (χ4n) is 17.8. The second kappa shape index (κ2) is 20.7. The van der Waals surface area contributed by atoms with E-state index < -0.39 is 58.6 Å². The summed E-state index contributed by atoms with van der Waals surface area (Å²) in [6.45, 7) is 4.95. The molecule has 4 saturated heterocycles. The summed E-state index contributed by atoms with van der Waals surface area (Å²) in [5, 5.41) is 62.8. The van der Waals surface area contributed by atoms with Crippen molar-refractivity contribution < 1.29 is 54.1 Å². The lowest BCUT2D eigenvalue weighted by molar-refractivity contribution is -0.195. The molecular formula is C58H84N2O11. The highest BCUT2D eigenvalue weighted by Crippen LogP contribution is 2.66. The van der Waals surface area contributed by atoms with Crippen LogP contribution in [-0.4, -0.2) is 106 Å². The van der Waals surface area contributed by atoms with Crippen molar-refractivity contribution in [2.75, 3.05) is 32.9 Å². The molecule has 15 atom stereocenters. The van der Waals surface area contributed by atoms with Crippen LogP contribution in [0.25, 0.3) is 0 Å². The van der Waals surface area contributed by atoms with E-state index in [2.05, 4.69) is 28.5 Å².